The van der Waals surface area contributed by atoms with Gasteiger partial charge in [-0.2, -0.15) is 0 Å². The molecule has 0 spiro atoms. The van der Waals surface area contributed by atoms with Crippen LogP contribution in [0.1, 0.15) is 62.3 Å². The highest BCUT2D eigenvalue weighted by Crippen LogP contribution is 2.61. The SMILES string of the molecule is C=C(O)C(C)(N)C(C)(C)C(C)(C)C(C)(C)C(C)(C)[N+](C)(C)C. The second kappa shape index (κ2) is 5.24. The first-order chi connectivity index (χ1) is 9.19. The maximum Gasteiger partial charge on any atom is 0.105 e. The highest BCUT2D eigenvalue weighted by Gasteiger charge is 2.63. The van der Waals surface area contributed by atoms with Crippen LogP contribution in [0.25, 0.3) is 0 Å². The first-order valence-electron chi connectivity index (χ1n) is 8.18. The molecule has 3 N–H and O–H groups in total. The first kappa shape index (κ1) is 21.5. The summed E-state index contributed by atoms with van der Waals surface area (Å²) in [5.41, 5.74) is 5.07. The van der Waals surface area contributed by atoms with Crippen molar-refractivity contribution in [1.29, 1.82) is 0 Å². The lowest BCUT2D eigenvalue weighted by atomic mass is 9.45. The highest BCUT2D eigenvalue weighted by atomic mass is 16.3. The Balaban J connectivity index is 6.29. The Labute approximate surface area is 139 Å². The Bertz CT molecular complexity index is 435. The largest absolute Gasteiger partial charge is 0.511 e. The van der Waals surface area contributed by atoms with E-state index >= 15 is 0 Å². The summed E-state index contributed by atoms with van der Waals surface area (Å²) in [6, 6.07) is 0. The number of aliphatic hydroxyl groups excluding tert-OH is 1. The second-order valence-electron chi connectivity index (χ2n) is 10.1. The summed E-state index contributed by atoms with van der Waals surface area (Å²) >= 11 is 0. The van der Waals surface area contributed by atoms with Crippen molar-refractivity contribution >= 4 is 0 Å². The quantitative estimate of drug-likeness (QED) is 0.566. The molecule has 3 heteroatoms. The van der Waals surface area contributed by atoms with Crippen LogP contribution in [0.5, 0.6) is 0 Å². The summed E-state index contributed by atoms with van der Waals surface area (Å²) in [7, 11) is 6.70. The average molecular weight is 314 g/mol. The van der Waals surface area contributed by atoms with E-state index in [1.165, 1.54) is 0 Å². The van der Waals surface area contributed by atoms with E-state index < -0.39 is 5.54 Å². The molecule has 0 saturated carbocycles. The average Bonchev–Trinajstić information content (AvgIpc) is 2.25. The smallest absolute Gasteiger partial charge is 0.105 e. The summed E-state index contributed by atoms with van der Waals surface area (Å²) < 4.78 is 0.848. The highest BCUT2D eigenvalue weighted by molar-refractivity contribution is 5.19. The van der Waals surface area contributed by atoms with E-state index in [0.29, 0.717) is 0 Å². The van der Waals surface area contributed by atoms with Gasteiger partial charge >= 0.3 is 0 Å². The van der Waals surface area contributed by atoms with Gasteiger partial charge in [-0.1, -0.05) is 48.1 Å². The van der Waals surface area contributed by atoms with E-state index in [0.717, 1.165) is 4.48 Å². The summed E-state index contributed by atoms with van der Waals surface area (Å²) in [5, 5.41) is 10.1. The Morgan fingerprint density at radius 2 is 1.09 bits per heavy atom. The zero-order valence-electron chi connectivity index (χ0n) is 17.2. The predicted molar refractivity (Wildman–Crippen MR) is 97.8 cm³/mol. The third-order valence-corrected chi connectivity index (χ3v) is 8.23. The Hall–Kier alpha value is -0.540. The summed E-state index contributed by atoms with van der Waals surface area (Å²) in [6.45, 7) is 23.7. The van der Waals surface area contributed by atoms with Crippen LogP contribution >= 0.6 is 0 Å². The van der Waals surface area contributed by atoms with Crippen molar-refractivity contribution in [3.63, 3.8) is 0 Å². The van der Waals surface area contributed by atoms with Gasteiger partial charge in [-0.05, 0) is 31.6 Å². The van der Waals surface area contributed by atoms with E-state index in [4.69, 9.17) is 5.73 Å². The molecular weight excluding hydrogens is 272 g/mol. The minimum atomic E-state index is -0.866. The maximum absolute atomic E-state index is 10.1. The van der Waals surface area contributed by atoms with Crippen LogP contribution in [-0.4, -0.2) is 41.8 Å². The van der Waals surface area contributed by atoms with Gasteiger partial charge in [0, 0.05) is 5.41 Å². The lowest BCUT2D eigenvalue weighted by Crippen LogP contribution is -2.70. The van der Waals surface area contributed by atoms with E-state index in [9.17, 15) is 5.11 Å². The molecule has 0 saturated heterocycles. The molecule has 3 nitrogen and oxygen atoms in total. The molecule has 0 aromatic rings. The van der Waals surface area contributed by atoms with Crippen LogP contribution in [0.15, 0.2) is 12.3 Å². The number of hydrogen-bond acceptors (Lipinski definition) is 2. The molecule has 0 bridgehead atoms. The fourth-order valence-electron chi connectivity index (χ4n) is 3.39. The van der Waals surface area contributed by atoms with Gasteiger partial charge in [0.05, 0.1) is 32.2 Å². The molecular formula is C19H41N2O+. The van der Waals surface area contributed by atoms with E-state index in [1.54, 1.807) is 0 Å². The number of quaternary nitrogens is 1. The van der Waals surface area contributed by atoms with Gasteiger partial charge in [0.2, 0.25) is 0 Å². The van der Waals surface area contributed by atoms with Crippen LogP contribution in [0.2, 0.25) is 0 Å². The zero-order valence-corrected chi connectivity index (χ0v) is 17.2. The van der Waals surface area contributed by atoms with Gasteiger partial charge in [-0.15, -0.1) is 0 Å². The van der Waals surface area contributed by atoms with Gasteiger partial charge in [0.25, 0.3) is 0 Å². The third kappa shape index (κ3) is 2.60. The van der Waals surface area contributed by atoms with Gasteiger partial charge < -0.3 is 15.3 Å². The van der Waals surface area contributed by atoms with Crippen LogP contribution in [0.4, 0.5) is 0 Å². The Morgan fingerprint density at radius 3 is 1.32 bits per heavy atom. The fraction of sp³-hybridized carbons (Fsp3) is 0.895. The minimum absolute atomic E-state index is 0.000634. The fourth-order valence-corrected chi connectivity index (χ4v) is 3.39. The molecule has 1 atom stereocenters. The summed E-state index contributed by atoms with van der Waals surface area (Å²) in [6.07, 6.45) is 0. The first-order valence-corrected chi connectivity index (χ1v) is 8.18. The summed E-state index contributed by atoms with van der Waals surface area (Å²) in [5.74, 6) is 0.0458. The van der Waals surface area contributed by atoms with Crippen molar-refractivity contribution in [2.24, 2.45) is 22.0 Å². The zero-order chi connectivity index (χ0) is 18.6. The Morgan fingerprint density at radius 1 is 0.773 bits per heavy atom. The molecule has 0 amide bonds. The topological polar surface area (TPSA) is 46.2 Å². The van der Waals surface area contributed by atoms with Crippen molar-refractivity contribution in [2.75, 3.05) is 21.1 Å². The minimum Gasteiger partial charge on any atom is -0.511 e. The van der Waals surface area contributed by atoms with Gasteiger partial charge in [-0.3, -0.25) is 0 Å². The van der Waals surface area contributed by atoms with Crippen LogP contribution < -0.4 is 5.73 Å². The van der Waals surface area contributed by atoms with Crippen LogP contribution in [-0.2, 0) is 0 Å². The monoisotopic (exact) mass is 313 g/mol. The number of nitrogens with two attached hydrogens (primary N) is 1. The van der Waals surface area contributed by atoms with Crippen molar-refractivity contribution in [2.45, 2.75) is 73.4 Å². The molecule has 0 aromatic carbocycles. The maximum atomic E-state index is 10.1. The second-order valence-corrected chi connectivity index (χ2v) is 10.1. The van der Waals surface area contributed by atoms with E-state index in [1.807, 2.05) is 6.92 Å². The van der Waals surface area contributed by atoms with Crippen molar-refractivity contribution in [1.82, 2.24) is 0 Å². The van der Waals surface area contributed by atoms with Gasteiger partial charge in [-0.25, -0.2) is 0 Å². The van der Waals surface area contributed by atoms with Crippen molar-refractivity contribution < 1.29 is 9.59 Å². The molecule has 0 rings (SSSR count). The number of nitrogens with zero attached hydrogens (tertiary/aromatic N) is 1. The molecule has 0 heterocycles. The number of hydrogen-bond donors (Lipinski definition) is 2. The van der Waals surface area contributed by atoms with E-state index in [2.05, 4.69) is 83.1 Å². The molecule has 0 fully saturated rings. The molecule has 0 aliphatic rings. The lowest BCUT2D eigenvalue weighted by molar-refractivity contribution is -0.930. The molecule has 132 valence electrons. The van der Waals surface area contributed by atoms with Gasteiger partial charge in [0.1, 0.15) is 5.76 Å². The summed E-state index contributed by atoms with van der Waals surface area (Å²) in [4.78, 5) is 0. The molecule has 1 unspecified atom stereocenters. The number of aliphatic hydroxyl groups is 1. The van der Waals surface area contributed by atoms with Crippen LogP contribution in [0.3, 0.4) is 0 Å². The van der Waals surface area contributed by atoms with E-state index in [-0.39, 0.29) is 27.5 Å². The van der Waals surface area contributed by atoms with Gasteiger partial charge in [0.15, 0.2) is 0 Å². The third-order valence-electron chi connectivity index (χ3n) is 8.23. The lowest BCUT2D eigenvalue weighted by Gasteiger charge is -2.64. The Kier molecular flexibility index (Phi) is 5.11. The normalized spacial score (nSPS) is 18.0. The standard InChI is InChI=1S/C19H40N2O/c1-14(22)19(10,20)17(6,7)15(2,3)16(4,5)18(8,9)21(11,12)13/h1,20H2,2-13H3/p+1. The molecule has 0 radical (unpaired) electrons. The van der Waals surface area contributed by atoms with Crippen LogP contribution in [0, 0.1) is 16.2 Å². The molecule has 0 aliphatic carbocycles. The van der Waals surface area contributed by atoms with Crippen molar-refractivity contribution in [3.05, 3.63) is 12.3 Å². The van der Waals surface area contributed by atoms with Crippen molar-refractivity contribution in [3.8, 4) is 0 Å². The predicted octanol–water partition coefficient (Wildman–Crippen LogP) is 4.34. The molecule has 0 aromatic heterocycles. The molecule has 0 aliphatic heterocycles. The number of rotatable bonds is 6. The molecule has 22 heavy (non-hydrogen) atoms.